The number of rotatable bonds is 7. The van der Waals surface area contributed by atoms with Gasteiger partial charge in [0.2, 0.25) is 5.91 Å². The molecule has 0 saturated carbocycles. The third-order valence-corrected chi connectivity index (χ3v) is 4.88. The number of benzene rings is 2. The molecule has 0 spiro atoms. The summed E-state index contributed by atoms with van der Waals surface area (Å²) in [6.07, 6.45) is 2.09. The van der Waals surface area contributed by atoms with Crippen LogP contribution in [0.1, 0.15) is 30.9 Å². The van der Waals surface area contributed by atoms with Crippen molar-refractivity contribution in [2.24, 2.45) is 0 Å². The van der Waals surface area contributed by atoms with E-state index in [-0.39, 0.29) is 5.91 Å². The molecule has 5 heteroatoms. The van der Waals surface area contributed by atoms with Gasteiger partial charge in [0.1, 0.15) is 5.75 Å². The third kappa shape index (κ3) is 4.79. The van der Waals surface area contributed by atoms with Crippen molar-refractivity contribution in [3.63, 3.8) is 0 Å². The van der Waals surface area contributed by atoms with Gasteiger partial charge in [-0.15, -0.1) is 0 Å². The van der Waals surface area contributed by atoms with Crippen molar-refractivity contribution in [3.05, 3.63) is 53.6 Å². The molecule has 0 unspecified atom stereocenters. The molecule has 3 rings (SSSR count). The van der Waals surface area contributed by atoms with Crippen LogP contribution in [-0.4, -0.2) is 17.5 Å². The summed E-state index contributed by atoms with van der Waals surface area (Å²) in [4.78, 5) is 16.5. The van der Waals surface area contributed by atoms with Crippen LogP contribution in [0.4, 0.5) is 5.13 Å². The summed E-state index contributed by atoms with van der Waals surface area (Å²) in [6.45, 7) is 4.69. The SMILES string of the molecule is CCc1ccc2nc(NC(=O)CCCOc3ccc(C)cc3)sc2c1. The van der Waals surface area contributed by atoms with Crippen molar-refractivity contribution >= 4 is 32.6 Å². The van der Waals surface area contributed by atoms with Crippen molar-refractivity contribution in [3.8, 4) is 5.75 Å². The van der Waals surface area contributed by atoms with Gasteiger partial charge >= 0.3 is 0 Å². The summed E-state index contributed by atoms with van der Waals surface area (Å²) in [5.41, 5.74) is 3.41. The lowest BCUT2D eigenvalue weighted by Gasteiger charge is -2.06. The van der Waals surface area contributed by atoms with E-state index in [1.807, 2.05) is 37.3 Å². The average molecular weight is 354 g/mol. The maximum Gasteiger partial charge on any atom is 0.226 e. The first-order chi connectivity index (χ1) is 12.1. The molecule has 4 nitrogen and oxygen atoms in total. The van der Waals surface area contributed by atoms with Crippen LogP contribution in [0.25, 0.3) is 10.2 Å². The first-order valence-electron chi connectivity index (χ1n) is 8.53. The molecule has 0 saturated heterocycles. The van der Waals surface area contributed by atoms with Gasteiger partial charge in [-0.2, -0.15) is 0 Å². The van der Waals surface area contributed by atoms with Crippen molar-refractivity contribution in [2.75, 3.05) is 11.9 Å². The van der Waals surface area contributed by atoms with E-state index in [0.717, 1.165) is 22.4 Å². The molecule has 0 aliphatic rings. The van der Waals surface area contributed by atoms with Crippen LogP contribution < -0.4 is 10.1 Å². The van der Waals surface area contributed by atoms with E-state index in [1.165, 1.54) is 22.5 Å². The minimum absolute atomic E-state index is 0.0257. The standard InChI is InChI=1S/C20H22N2O2S/c1-3-15-8-11-17-18(13-15)25-20(21-17)22-19(23)5-4-12-24-16-9-6-14(2)7-10-16/h6-11,13H,3-5,12H2,1-2H3,(H,21,22,23). The van der Waals surface area contributed by atoms with Gasteiger partial charge in [0, 0.05) is 6.42 Å². The monoisotopic (exact) mass is 354 g/mol. The number of aromatic nitrogens is 1. The van der Waals surface area contributed by atoms with Crippen molar-refractivity contribution in [2.45, 2.75) is 33.1 Å². The minimum Gasteiger partial charge on any atom is -0.494 e. The minimum atomic E-state index is -0.0257. The van der Waals surface area contributed by atoms with Gasteiger partial charge in [0.05, 0.1) is 16.8 Å². The van der Waals surface area contributed by atoms with Gasteiger partial charge in [-0.3, -0.25) is 4.79 Å². The molecule has 1 amide bonds. The topological polar surface area (TPSA) is 51.2 Å². The fraction of sp³-hybridized carbons (Fsp3) is 0.300. The summed E-state index contributed by atoms with van der Waals surface area (Å²) >= 11 is 1.52. The lowest BCUT2D eigenvalue weighted by Crippen LogP contribution is -2.12. The van der Waals surface area contributed by atoms with Gasteiger partial charge in [-0.1, -0.05) is 42.0 Å². The van der Waals surface area contributed by atoms with Crippen LogP contribution in [0.3, 0.4) is 0 Å². The highest BCUT2D eigenvalue weighted by Crippen LogP contribution is 2.27. The lowest BCUT2D eigenvalue weighted by molar-refractivity contribution is -0.116. The van der Waals surface area contributed by atoms with Crippen LogP contribution in [0.5, 0.6) is 5.75 Å². The Labute approximate surface area is 151 Å². The van der Waals surface area contributed by atoms with Crippen LogP contribution in [0.2, 0.25) is 0 Å². The number of anilines is 1. The van der Waals surface area contributed by atoms with Gasteiger partial charge in [-0.25, -0.2) is 4.98 Å². The van der Waals surface area contributed by atoms with Gasteiger partial charge < -0.3 is 10.1 Å². The molecule has 25 heavy (non-hydrogen) atoms. The molecular weight excluding hydrogens is 332 g/mol. The van der Waals surface area contributed by atoms with Crippen molar-refractivity contribution in [1.29, 1.82) is 0 Å². The summed E-state index contributed by atoms with van der Waals surface area (Å²) < 4.78 is 6.75. The molecule has 2 aromatic carbocycles. The van der Waals surface area contributed by atoms with Crippen LogP contribution >= 0.6 is 11.3 Å². The van der Waals surface area contributed by atoms with Gasteiger partial charge in [-0.05, 0) is 49.6 Å². The van der Waals surface area contributed by atoms with Crippen LogP contribution in [0.15, 0.2) is 42.5 Å². The highest BCUT2D eigenvalue weighted by molar-refractivity contribution is 7.22. The third-order valence-electron chi connectivity index (χ3n) is 3.95. The van der Waals surface area contributed by atoms with E-state index in [0.29, 0.717) is 24.6 Å². The normalized spacial score (nSPS) is 10.8. The number of ether oxygens (including phenoxy) is 1. The largest absolute Gasteiger partial charge is 0.494 e. The molecule has 3 aromatic rings. The Morgan fingerprint density at radius 1 is 1.20 bits per heavy atom. The fourth-order valence-corrected chi connectivity index (χ4v) is 3.43. The fourth-order valence-electron chi connectivity index (χ4n) is 2.48. The summed E-state index contributed by atoms with van der Waals surface area (Å²) in [5, 5.41) is 3.55. The smallest absolute Gasteiger partial charge is 0.226 e. The molecule has 130 valence electrons. The first kappa shape index (κ1) is 17.4. The number of amides is 1. The highest BCUT2D eigenvalue weighted by atomic mass is 32.1. The van der Waals surface area contributed by atoms with Gasteiger partial charge in [0.25, 0.3) is 0 Å². The van der Waals surface area contributed by atoms with Crippen LogP contribution in [0, 0.1) is 6.92 Å². The van der Waals surface area contributed by atoms with E-state index < -0.39 is 0 Å². The molecule has 0 fully saturated rings. The molecule has 1 heterocycles. The van der Waals surface area contributed by atoms with Crippen LogP contribution in [-0.2, 0) is 11.2 Å². The first-order valence-corrected chi connectivity index (χ1v) is 9.34. The predicted octanol–water partition coefficient (Wildman–Crippen LogP) is 4.96. The highest BCUT2D eigenvalue weighted by Gasteiger charge is 2.08. The quantitative estimate of drug-likeness (QED) is 0.610. The zero-order valence-electron chi connectivity index (χ0n) is 14.5. The number of carbonyl (C=O) groups excluding carboxylic acids is 1. The molecule has 0 bridgehead atoms. The van der Waals surface area contributed by atoms with E-state index >= 15 is 0 Å². The molecule has 1 N–H and O–H groups in total. The number of nitrogens with zero attached hydrogens (tertiary/aromatic N) is 1. The lowest BCUT2D eigenvalue weighted by atomic mass is 10.2. The summed E-state index contributed by atoms with van der Waals surface area (Å²) in [6, 6.07) is 14.1. The Bertz CT molecular complexity index is 856. The Morgan fingerprint density at radius 3 is 2.76 bits per heavy atom. The number of carbonyl (C=O) groups is 1. The summed E-state index contributed by atoms with van der Waals surface area (Å²) in [5.74, 6) is 0.811. The number of hydrogen-bond acceptors (Lipinski definition) is 4. The molecule has 0 aliphatic heterocycles. The number of fused-ring (bicyclic) bond motifs is 1. The zero-order valence-corrected chi connectivity index (χ0v) is 15.4. The second-order valence-electron chi connectivity index (χ2n) is 5.99. The molecule has 0 aliphatic carbocycles. The van der Waals surface area contributed by atoms with E-state index in [4.69, 9.17) is 4.74 Å². The predicted molar refractivity (Wildman–Crippen MR) is 104 cm³/mol. The number of thiazole rings is 1. The number of hydrogen-bond donors (Lipinski definition) is 1. The molecular formula is C20H22N2O2S. The van der Waals surface area contributed by atoms with Gasteiger partial charge in [0.15, 0.2) is 5.13 Å². The molecule has 0 atom stereocenters. The Morgan fingerprint density at radius 2 is 2.00 bits per heavy atom. The average Bonchev–Trinajstić information content (AvgIpc) is 3.01. The Hall–Kier alpha value is -2.40. The summed E-state index contributed by atoms with van der Waals surface area (Å²) in [7, 11) is 0. The second kappa shape index (κ2) is 8.12. The molecule has 1 aromatic heterocycles. The second-order valence-corrected chi connectivity index (χ2v) is 7.02. The van der Waals surface area contributed by atoms with E-state index in [9.17, 15) is 4.79 Å². The molecule has 0 radical (unpaired) electrons. The maximum atomic E-state index is 12.1. The Kier molecular flexibility index (Phi) is 5.66. The van der Waals surface area contributed by atoms with Crippen molar-refractivity contribution < 1.29 is 9.53 Å². The zero-order chi connectivity index (χ0) is 17.6. The van der Waals surface area contributed by atoms with E-state index in [2.05, 4.69) is 29.4 Å². The number of aryl methyl sites for hydroxylation is 2. The van der Waals surface area contributed by atoms with E-state index in [1.54, 1.807) is 0 Å². The number of nitrogens with one attached hydrogen (secondary N) is 1. The van der Waals surface area contributed by atoms with Crippen molar-refractivity contribution in [1.82, 2.24) is 4.98 Å². The Balaban J connectivity index is 1.46. The maximum absolute atomic E-state index is 12.1.